The van der Waals surface area contributed by atoms with Crippen LogP contribution in [0.25, 0.3) is 11.4 Å². The molecule has 0 amide bonds. The Morgan fingerprint density at radius 1 is 1.35 bits per heavy atom. The molecule has 0 atom stereocenters. The van der Waals surface area contributed by atoms with Gasteiger partial charge in [0.05, 0.1) is 5.02 Å². The van der Waals surface area contributed by atoms with E-state index >= 15 is 0 Å². The second-order valence-corrected chi connectivity index (χ2v) is 4.85. The van der Waals surface area contributed by atoms with Gasteiger partial charge in [0, 0.05) is 5.56 Å². The van der Waals surface area contributed by atoms with E-state index in [0.29, 0.717) is 29.3 Å². The number of benzene rings is 1. The van der Waals surface area contributed by atoms with Gasteiger partial charge in [-0.15, -0.1) is 5.10 Å². The van der Waals surface area contributed by atoms with Crippen molar-refractivity contribution in [2.75, 3.05) is 0 Å². The second kappa shape index (κ2) is 5.58. The first kappa shape index (κ1) is 14.5. The minimum Gasteiger partial charge on any atom is -0.479 e. The molecule has 0 spiro atoms. The molecule has 1 aromatic carbocycles. The number of rotatable bonds is 5. The molecule has 1 heterocycles. The molecule has 0 aliphatic heterocycles. The number of carbonyl (C=O) groups is 1. The molecule has 0 radical (unpaired) electrons. The Morgan fingerprint density at radius 2 is 2.00 bits per heavy atom. The molecule has 0 aliphatic carbocycles. The maximum atomic E-state index is 11.7. The number of halogens is 1. The zero-order valence-corrected chi connectivity index (χ0v) is 12.0. The lowest BCUT2D eigenvalue weighted by atomic mass is 9.92. The van der Waals surface area contributed by atoms with E-state index in [2.05, 4.69) is 15.5 Å². The van der Waals surface area contributed by atoms with Crippen LogP contribution in [-0.2, 0) is 10.3 Å². The molecule has 0 unspecified atom stereocenters. The number of nitrogens with zero attached hydrogens (tertiary/aromatic N) is 4. The molecular formula is C13H15ClN4O2. The lowest BCUT2D eigenvalue weighted by Gasteiger charge is -2.27. The highest BCUT2D eigenvalue weighted by Crippen LogP contribution is 2.32. The van der Waals surface area contributed by atoms with Gasteiger partial charge >= 0.3 is 5.97 Å². The predicted molar refractivity (Wildman–Crippen MR) is 74.5 cm³/mol. The van der Waals surface area contributed by atoms with Crippen LogP contribution in [0.3, 0.4) is 0 Å². The third-order valence-corrected chi connectivity index (χ3v) is 3.89. The predicted octanol–water partition coefficient (Wildman–Crippen LogP) is 2.59. The van der Waals surface area contributed by atoms with E-state index in [0.717, 1.165) is 0 Å². The van der Waals surface area contributed by atoms with Gasteiger partial charge in [-0.05, 0) is 35.4 Å². The number of tetrazole rings is 1. The van der Waals surface area contributed by atoms with Crippen LogP contribution in [0.1, 0.15) is 26.7 Å². The molecule has 1 N–H and O–H groups in total. The molecule has 1 aromatic heterocycles. The SMILES string of the molecule is CCC(CC)(C(=O)O)n1nnnc1-c1ccccc1Cl. The summed E-state index contributed by atoms with van der Waals surface area (Å²) in [7, 11) is 0. The van der Waals surface area contributed by atoms with Crippen molar-refractivity contribution in [1.82, 2.24) is 20.2 Å². The monoisotopic (exact) mass is 294 g/mol. The van der Waals surface area contributed by atoms with Crippen LogP contribution in [0.4, 0.5) is 0 Å². The van der Waals surface area contributed by atoms with E-state index in [1.54, 1.807) is 38.1 Å². The summed E-state index contributed by atoms with van der Waals surface area (Å²) in [6.07, 6.45) is 0.753. The highest BCUT2D eigenvalue weighted by Gasteiger charge is 2.40. The lowest BCUT2D eigenvalue weighted by molar-refractivity contribution is -0.148. The van der Waals surface area contributed by atoms with Gasteiger partial charge in [0.2, 0.25) is 0 Å². The van der Waals surface area contributed by atoms with Gasteiger partial charge < -0.3 is 5.11 Å². The van der Waals surface area contributed by atoms with E-state index in [1.807, 2.05) is 0 Å². The summed E-state index contributed by atoms with van der Waals surface area (Å²) >= 11 is 6.15. The van der Waals surface area contributed by atoms with Crippen molar-refractivity contribution in [3.63, 3.8) is 0 Å². The lowest BCUT2D eigenvalue weighted by Crippen LogP contribution is -2.42. The van der Waals surface area contributed by atoms with Crippen molar-refractivity contribution < 1.29 is 9.90 Å². The smallest absolute Gasteiger partial charge is 0.331 e. The molecule has 106 valence electrons. The molecule has 2 rings (SSSR count). The Labute approximate surface area is 121 Å². The molecule has 20 heavy (non-hydrogen) atoms. The minimum absolute atomic E-state index is 0.363. The quantitative estimate of drug-likeness (QED) is 0.916. The van der Waals surface area contributed by atoms with Gasteiger partial charge in [0.1, 0.15) is 0 Å². The molecule has 0 saturated heterocycles. The summed E-state index contributed by atoms with van der Waals surface area (Å²) in [6.45, 7) is 3.60. The molecule has 0 saturated carbocycles. The molecule has 7 heteroatoms. The Morgan fingerprint density at radius 3 is 2.55 bits per heavy atom. The average molecular weight is 295 g/mol. The number of carboxylic acid groups (broad SMARTS) is 1. The van der Waals surface area contributed by atoms with Gasteiger partial charge in [-0.3, -0.25) is 0 Å². The largest absolute Gasteiger partial charge is 0.479 e. The Kier molecular flexibility index (Phi) is 4.04. The van der Waals surface area contributed by atoms with Crippen LogP contribution in [0.2, 0.25) is 5.02 Å². The first-order chi connectivity index (χ1) is 9.56. The van der Waals surface area contributed by atoms with E-state index < -0.39 is 11.5 Å². The summed E-state index contributed by atoms with van der Waals surface area (Å²) in [5.74, 6) is -0.593. The number of hydrogen-bond acceptors (Lipinski definition) is 4. The van der Waals surface area contributed by atoms with Gasteiger partial charge in [0.15, 0.2) is 11.4 Å². The molecular weight excluding hydrogens is 280 g/mol. The third-order valence-electron chi connectivity index (χ3n) is 3.56. The van der Waals surface area contributed by atoms with Crippen LogP contribution in [0.15, 0.2) is 24.3 Å². The Bertz CT molecular complexity index is 622. The maximum Gasteiger partial charge on any atom is 0.331 e. The standard InChI is InChI=1S/C13H15ClN4O2/c1-3-13(4-2,12(19)20)18-11(15-16-17-18)9-7-5-6-8-10(9)14/h5-8H,3-4H2,1-2H3,(H,19,20). The topological polar surface area (TPSA) is 80.9 Å². The van der Waals surface area contributed by atoms with Crippen LogP contribution in [-0.4, -0.2) is 31.3 Å². The number of aliphatic carboxylic acids is 1. The minimum atomic E-state index is -1.17. The zero-order valence-electron chi connectivity index (χ0n) is 11.2. The summed E-state index contributed by atoms with van der Waals surface area (Å²) in [4.78, 5) is 11.7. The van der Waals surface area contributed by atoms with Crippen LogP contribution in [0.5, 0.6) is 0 Å². The summed E-state index contributed by atoms with van der Waals surface area (Å²) in [5, 5.41) is 21.5. The van der Waals surface area contributed by atoms with Crippen molar-refractivity contribution >= 4 is 17.6 Å². The average Bonchev–Trinajstić information content (AvgIpc) is 2.91. The maximum absolute atomic E-state index is 11.7. The Balaban J connectivity index is 2.64. The summed E-state index contributed by atoms with van der Waals surface area (Å²) in [6, 6.07) is 7.09. The van der Waals surface area contributed by atoms with Gasteiger partial charge in [0.25, 0.3) is 0 Å². The molecule has 0 fully saturated rings. The Hall–Kier alpha value is -1.95. The van der Waals surface area contributed by atoms with Crippen molar-refractivity contribution in [2.24, 2.45) is 0 Å². The van der Waals surface area contributed by atoms with E-state index in [9.17, 15) is 9.90 Å². The van der Waals surface area contributed by atoms with Crippen molar-refractivity contribution in [3.8, 4) is 11.4 Å². The third kappa shape index (κ3) is 2.16. The van der Waals surface area contributed by atoms with Crippen molar-refractivity contribution in [2.45, 2.75) is 32.2 Å². The van der Waals surface area contributed by atoms with E-state index in [1.165, 1.54) is 4.68 Å². The second-order valence-electron chi connectivity index (χ2n) is 4.44. The molecule has 2 aromatic rings. The number of carboxylic acids is 1. The number of hydrogen-bond donors (Lipinski definition) is 1. The van der Waals surface area contributed by atoms with Gasteiger partial charge in [-0.25, -0.2) is 9.48 Å². The van der Waals surface area contributed by atoms with Crippen LogP contribution in [0, 0.1) is 0 Å². The highest BCUT2D eigenvalue weighted by atomic mass is 35.5. The summed E-state index contributed by atoms with van der Waals surface area (Å²) < 4.78 is 1.36. The first-order valence-electron chi connectivity index (χ1n) is 6.34. The van der Waals surface area contributed by atoms with Gasteiger partial charge in [-0.2, -0.15) is 0 Å². The van der Waals surface area contributed by atoms with Gasteiger partial charge in [-0.1, -0.05) is 37.6 Å². The van der Waals surface area contributed by atoms with E-state index in [4.69, 9.17) is 11.6 Å². The van der Waals surface area contributed by atoms with Crippen LogP contribution < -0.4 is 0 Å². The highest BCUT2D eigenvalue weighted by molar-refractivity contribution is 6.33. The zero-order chi connectivity index (χ0) is 14.8. The van der Waals surface area contributed by atoms with Crippen molar-refractivity contribution in [1.29, 1.82) is 0 Å². The van der Waals surface area contributed by atoms with Crippen LogP contribution >= 0.6 is 11.6 Å². The normalized spacial score (nSPS) is 11.6. The fraction of sp³-hybridized carbons (Fsp3) is 0.385. The number of aromatic nitrogens is 4. The van der Waals surface area contributed by atoms with E-state index in [-0.39, 0.29) is 0 Å². The fourth-order valence-electron chi connectivity index (χ4n) is 2.23. The molecule has 6 nitrogen and oxygen atoms in total. The summed E-state index contributed by atoms with van der Waals surface area (Å²) in [5.41, 5.74) is -0.551. The molecule has 0 bridgehead atoms. The fourth-order valence-corrected chi connectivity index (χ4v) is 2.45. The first-order valence-corrected chi connectivity index (χ1v) is 6.71. The molecule has 0 aliphatic rings. The van der Waals surface area contributed by atoms with Crippen molar-refractivity contribution in [3.05, 3.63) is 29.3 Å².